The van der Waals surface area contributed by atoms with E-state index in [4.69, 9.17) is 5.26 Å². The molecule has 0 N–H and O–H groups in total. The number of allylic oxidation sites excluding steroid dienone is 1. The van der Waals surface area contributed by atoms with Gasteiger partial charge in [-0.2, -0.15) is 5.26 Å². The maximum absolute atomic E-state index is 8.20. The predicted molar refractivity (Wildman–Crippen MR) is 40.1 cm³/mol. The van der Waals surface area contributed by atoms with E-state index in [1.165, 1.54) is 6.08 Å². The van der Waals surface area contributed by atoms with Crippen LogP contribution in [-0.4, -0.2) is 18.1 Å². The lowest BCUT2D eigenvalue weighted by Gasteiger charge is -2.09. The quantitative estimate of drug-likeness (QED) is 0.491. The molecule has 0 aromatic carbocycles. The average Bonchev–Trinajstić information content (AvgIpc) is 2.33. The van der Waals surface area contributed by atoms with Gasteiger partial charge in [0.05, 0.1) is 6.07 Å². The van der Waals surface area contributed by atoms with Crippen molar-refractivity contribution in [2.75, 3.05) is 0 Å². The first-order chi connectivity index (χ1) is 4.77. The predicted octanol–water partition coefficient (Wildman–Crippen LogP) is 0.938. The summed E-state index contributed by atoms with van der Waals surface area (Å²) >= 11 is 0. The zero-order valence-corrected chi connectivity index (χ0v) is 5.65. The summed E-state index contributed by atoms with van der Waals surface area (Å²) in [4.78, 5) is 8.04. The van der Waals surface area contributed by atoms with Crippen LogP contribution in [0.2, 0.25) is 0 Å². The van der Waals surface area contributed by atoms with Gasteiger partial charge in [-0.1, -0.05) is 0 Å². The number of nitriles is 1. The maximum Gasteiger partial charge on any atom is 0.167 e. The van der Waals surface area contributed by atoms with Crippen molar-refractivity contribution in [3.8, 4) is 6.07 Å². The van der Waals surface area contributed by atoms with Crippen LogP contribution in [0.25, 0.3) is 0 Å². The van der Waals surface area contributed by atoms with Gasteiger partial charge in [-0.3, -0.25) is 9.98 Å². The van der Waals surface area contributed by atoms with E-state index in [0.29, 0.717) is 0 Å². The molecule has 0 spiro atoms. The Morgan fingerprint density at radius 3 is 2.60 bits per heavy atom. The molecule has 0 saturated carbocycles. The third kappa shape index (κ3) is 1.29. The second-order valence-electron chi connectivity index (χ2n) is 2.11. The SMILES string of the molecule is CC1(C=CC#N)N=CC=N1. The number of aliphatic imine (C=N–C) groups is 2. The summed E-state index contributed by atoms with van der Waals surface area (Å²) in [7, 11) is 0. The van der Waals surface area contributed by atoms with E-state index in [9.17, 15) is 0 Å². The highest BCUT2D eigenvalue weighted by molar-refractivity contribution is 6.17. The number of hydrogen-bond donors (Lipinski definition) is 0. The first-order valence-corrected chi connectivity index (χ1v) is 2.93. The Bertz CT molecular complexity index is 230. The van der Waals surface area contributed by atoms with Gasteiger partial charge >= 0.3 is 0 Å². The molecule has 0 aliphatic carbocycles. The second kappa shape index (κ2) is 2.44. The molecule has 0 atom stereocenters. The summed E-state index contributed by atoms with van der Waals surface area (Å²) in [6.07, 6.45) is 6.30. The molecule has 0 aromatic rings. The molecule has 1 aliphatic rings. The monoisotopic (exact) mass is 133 g/mol. The van der Waals surface area contributed by atoms with Crippen LogP contribution in [-0.2, 0) is 0 Å². The van der Waals surface area contributed by atoms with Crippen molar-refractivity contribution in [1.82, 2.24) is 0 Å². The van der Waals surface area contributed by atoms with Crippen LogP contribution >= 0.6 is 0 Å². The van der Waals surface area contributed by atoms with Crippen LogP contribution < -0.4 is 0 Å². The van der Waals surface area contributed by atoms with E-state index < -0.39 is 5.66 Å². The van der Waals surface area contributed by atoms with E-state index in [1.54, 1.807) is 18.5 Å². The molecular formula is C7H7N3. The molecule has 0 unspecified atom stereocenters. The zero-order valence-electron chi connectivity index (χ0n) is 5.65. The van der Waals surface area contributed by atoms with Crippen LogP contribution in [0, 0.1) is 11.3 Å². The zero-order chi connectivity index (χ0) is 7.45. The number of hydrogen-bond acceptors (Lipinski definition) is 3. The summed E-state index contributed by atoms with van der Waals surface area (Å²) in [6, 6.07) is 1.89. The van der Waals surface area contributed by atoms with E-state index in [-0.39, 0.29) is 0 Å². The number of nitrogens with zero attached hydrogens (tertiary/aromatic N) is 3. The van der Waals surface area contributed by atoms with Gasteiger partial charge in [0.25, 0.3) is 0 Å². The van der Waals surface area contributed by atoms with Gasteiger partial charge < -0.3 is 0 Å². The lowest BCUT2D eigenvalue weighted by atomic mass is 10.2. The largest absolute Gasteiger partial charge is 0.258 e. The second-order valence-corrected chi connectivity index (χ2v) is 2.11. The molecule has 1 heterocycles. The van der Waals surface area contributed by atoms with Crippen LogP contribution in [0.5, 0.6) is 0 Å². The minimum absolute atomic E-state index is 0.518. The highest BCUT2D eigenvalue weighted by atomic mass is 15.1. The average molecular weight is 133 g/mol. The van der Waals surface area contributed by atoms with Gasteiger partial charge in [0.15, 0.2) is 5.66 Å². The Morgan fingerprint density at radius 2 is 2.10 bits per heavy atom. The molecule has 50 valence electrons. The van der Waals surface area contributed by atoms with Crippen LogP contribution in [0.15, 0.2) is 22.1 Å². The number of rotatable bonds is 1. The fourth-order valence-electron chi connectivity index (χ4n) is 0.683. The van der Waals surface area contributed by atoms with Crippen molar-refractivity contribution >= 4 is 12.4 Å². The van der Waals surface area contributed by atoms with Gasteiger partial charge in [0.2, 0.25) is 0 Å². The third-order valence-corrected chi connectivity index (χ3v) is 1.21. The summed E-state index contributed by atoms with van der Waals surface area (Å²) in [5.41, 5.74) is -0.518. The molecule has 0 aromatic heterocycles. The Hall–Kier alpha value is -1.43. The lowest BCUT2D eigenvalue weighted by molar-refractivity contribution is 0.642. The first-order valence-electron chi connectivity index (χ1n) is 2.93. The molecule has 0 fully saturated rings. The fraction of sp³-hybridized carbons (Fsp3) is 0.286. The summed E-state index contributed by atoms with van der Waals surface area (Å²) in [6.45, 7) is 1.83. The molecule has 1 aliphatic heterocycles. The Kier molecular flexibility index (Phi) is 1.63. The lowest BCUT2D eigenvalue weighted by Crippen LogP contribution is -2.10. The summed E-state index contributed by atoms with van der Waals surface area (Å²) in [5, 5.41) is 8.20. The molecule has 0 radical (unpaired) electrons. The van der Waals surface area contributed by atoms with Crippen LogP contribution in [0.1, 0.15) is 6.92 Å². The normalized spacial score (nSPS) is 20.0. The highest BCUT2D eigenvalue weighted by Crippen LogP contribution is 2.15. The van der Waals surface area contributed by atoms with Crippen molar-refractivity contribution in [2.45, 2.75) is 12.6 Å². The molecular weight excluding hydrogens is 126 g/mol. The van der Waals surface area contributed by atoms with Gasteiger partial charge in [-0.25, -0.2) is 0 Å². The molecule has 10 heavy (non-hydrogen) atoms. The van der Waals surface area contributed by atoms with Crippen molar-refractivity contribution < 1.29 is 0 Å². The van der Waals surface area contributed by atoms with Crippen molar-refractivity contribution in [2.24, 2.45) is 9.98 Å². The van der Waals surface area contributed by atoms with Gasteiger partial charge in [0, 0.05) is 18.5 Å². The van der Waals surface area contributed by atoms with Crippen molar-refractivity contribution in [3.63, 3.8) is 0 Å². The topological polar surface area (TPSA) is 48.5 Å². The first kappa shape index (κ1) is 6.69. The summed E-state index contributed by atoms with van der Waals surface area (Å²) < 4.78 is 0. The Morgan fingerprint density at radius 1 is 1.50 bits per heavy atom. The molecule has 3 nitrogen and oxygen atoms in total. The molecule has 0 amide bonds. The van der Waals surface area contributed by atoms with E-state index in [1.807, 2.05) is 13.0 Å². The maximum atomic E-state index is 8.20. The highest BCUT2D eigenvalue weighted by Gasteiger charge is 2.17. The van der Waals surface area contributed by atoms with Gasteiger partial charge in [0.1, 0.15) is 0 Å². The van der Waals surface area contributed by atoms with E-state index in [0.717, 1.165) is 0 Å². The van der Waals surface area contributed by atoms with Gasteiger partial charge in [-0.05, 0) is 13.0 Å². The molecule has 0 bridgehead atoms. The standard InChI is InChI=1S/C7H7N3/c1-7(3-2-4-8)9-5-6-10-7/h2-3,5-6H,1H3. The minimum Gasteiger partial charge on any atom is -0.258 e. The Balaban J connectivity index is 2.73. The molecule has 1 rings (SSSR count). The smallest absolute Gasteiger partial charge is 0.167 e. The van der Waals surface area contributed by atoms with Crippen LogP contribution in [0.3, 0.4) is 0 Å². The van der Waals surface area contributed by atoms with Gasteiger partial charge in [-0.15, -0.1) is 0 Å². The van der Waals surface area contributed by atoms with E-state index >= 15 is 0 Å². The molecule has 3 heteroatoms. The minimum atomic E-state index is -0.518. The Labute approximate surface area is 59.4 Å². The molecule has 0 saturated heterocycles. The van der Waals surface area contributed by atoms with E-state index in [2.05, 4.69) is 9.98 Å². The fourth-order valence-corrected chi connectivity index (χ4v) is 0.683. The van der Waals surface area contributed by atoms with Crippen LogP contribution in [0.4, 0.5) is 0 Å². The van der Waals surface area contributed by atoms with Crippen molar-refractivity contribution in [3.05, 3.63) is 12.2 Å². The van der Waals surface area contributed by atoms with Crippen molar-refractivity contribution in [1.29, 1.82) is 5.26 Å². The third-order valence-electron chi connectivity index (χ3n) is 1.21. The summed E-state index contributed by atoms with van der Waals surface area (Å²) in [5.74, 6) is 0.